The summed E-state index contributed by atoms with van der Waals surface area (Å²) in [5.41, 5.74) is 3.30. The number of anilines is 1. The van der Waals surface area contributed by atoms with Gasteiger partial charge < -0.3 is 25.0 Å². The number of benzene rings is 2. The van der Waals surface area contributed by atoms with Gasteiger partial charge in [-0.3, -0.25) is 4.79 Å². The van der Waals surface area contributed by atoms with Crippen molar-refractivity contribution in [1.29, 1.82) is 0 Å². The van der Waals surface area contributed by atoms with Crippen molar-refractivity contribution >= 4 is 34.9 Å². The van der Waals surface area contributed by atoms with Gasteiger partial charge in [0, 0.05) is 23.5 Å². The van der Waals surface area contributed by atoms with E-state index in [1.54, 1.807) is 43.5 Å². The molecule has 33 heavy (non-hydrogen) atoms. The summed E-state index contributed by atoms with van der Waals surface area (Å²) >= 11 is 5.53. The molecule has 2 aromatic carbocycles. The van der Waals surface area contributed by atoms with Crippen molar-refractivity contribution in [3.8, 4) is 5.75 Å². The molecule has 3 rings (SSSR count). The van der Waals surface area contributed by atoms with Crippen LogP contribution in [0.1, 0.15) is 49.7 Å². The minimum Gasteiger partial charge on any atom is -0.497 e. The molecule has 0 saturated carbocycles. The van der Waals surface area contributed by atoms with Gasteiger partial charge in [-0.05, 0) is 81.9 Å². The van der Waals surface area contributed by atoms with Crippen molar-refractivity contribution in [3.63, 3.8) is 0 Å². The van der Waals surface area contributed by atoms with Crippen molar-refractivity contribution < 1.29 is 19.1 Å². The zero-order valence-corrected chi connectivity index (χ0v) is 20.3. The van der Waals surface area contributed by atoms with Crippen LogP contribution in [0.2, 0.25) is 0 Å². The maximum atomic E-state index is 12.9. The van der Waals surface area contributed by atoms with E-state index in [2.05, 4.69) is 10.6 Å². The molecule has 1 aliphatic rings. The van der Waals surface area contributed by atoms with Crippen LogP contribution in [-0.2, 0) is 9.53 Å². The van der Waals surface area contributed by atoms with Crippen LogP contribution in [0.4, 0.5) is 5.69 Å². The fourth-order valence-corrected chi connectivity index (χ4v) is 4.04. The molecule has 1 amide bonds. The first-order valence-electron chi connectivity index (χ1n) is 10.8. The molecule has 2 N–H and O–H groups in total. The number of nitrogens with zero attached hydrogens (tertiary/aromatic N) is 1. The lowest BCUT2D eigenvalue weighted by atomic mass is 9.94. The third-order valence-electron chi connectivity index (χ3n) is 5.33. The molecule has 0 spiro atoms. The van der Waals surface area contributed by atoms with Gasteiger partial charge in [0.2, 0.25) is 0 Å². The number of carbonyl (C=O) groups is 2. The summed E-state index contributed by atoms with van der Waals surface area (Å²) in [6.07, 6.45) is -0.238. The van der Waals surface area contributed by atoms with Crippen LogP contribution in [0, 0.1) is 0 Å². The van der Waals surface area contributed by atoms with Gasteiger partial charge in [0.05, 0.1) is 24.8 Å². The van der Waals surface area contributed by atoms with Crippen molar-refractivity contribution in [2.45, 2.75) is 39.8 Å². The highest BCUT2D eigenvalue weighted by molar-refractivity contribution is 7.80. The van der Waals surface area contributed by atoms with Crippen LogP contribution in [-0.4, -0.2) is 41.6 Å². The quantitative estimate of drug-likeness (QED) is 0.461. The third-order valence-corrected chi connectivity index (χ3v) is 5.67. The predicted molar refractivity (Wildman–Crippen MR) is 132 cm³/mol. The van der Waals surface area contributed by atoms with Gasteiger partial charge in [0.1, 0.15) is 5.75 Å². The number of methoxy groups -OCH3 is 1. The summed E-state index contributed by atoms with van der Waals surface area (Å²) in [6.45, 7) is 8.13. The maximum Gasteiger partial charge on any atom is 0.338 e. The van der Waals surface area contributed by atoms with E-state index >= 15 is 0 Å². The number of hydrogen-bond donors (Lipinski definition) is 2. The molecule has 1 atom stereocenters. The summed E-state index contributed by atoms with van der Waals surface area (Å²) in [5.74, 6) is 0.0846. The molecule has 0 aromatic heterocycles. The van der Waals surface area contributed by atoms with Crippen molar-refractivity contribution in [3.05, 3.63) is 70.9 Å². The van der Waals surface area contributed by atoms with Crippen molar-refractivity contribution in [1.82, 2.24) is 10.2 Å². The van der Waals surface area contributed by atoms with Crippen LogP contribution < -0.4 is 15.4 Å². The number of nitrogens with one attached hydrogen (secondary N) is 2. The highest BCUT2D eigenvalue weighted by Gasteiger charge is 2.34. The van der Waals surface area contributed by atoms with Gasteiger partial charge in [-0.1, -0.05) is 12.1 Å². The number of esters is 1. The number of ether oxygens (including phenoxy) is 2. The second-order valence-corrected chi connectivity index (χ2v) is 8.27. The first kappa shape index (κ1) is 24.3. The van der Waals surface area contributed by atoms with Gasteiger partial charge in [-0.25, -0.2) is 4.79 Å². The molecule has 174 valence electrons. The molecule has 0 bridgehead atoms. The Morgan fingerprint density at radius 2 is 1.76 bits per heavy atom. The highest BCUT2D eigenvalue weighted by atomic mass is 32.1. The van der Waals surface area contributed by atoms with Crippen LogP contribution >= 0.6 is 12.2 Å². The second-order valence-electron chi connectivity index (χ2n) is 7.88. The standard InChI is InChI=1S/C25H29N3O4S/c1-6-28-16(4)21(24(30)32-15(2)3)22(27-25(28)33)17-7-11-19(12-8-17)26-23(29)18-9-13-20(31-5)14-10-18/h7-15,22H,6H2,1-5H3,(H,26,29)(H,27,33). The van der Waals surface area contributed by atoms with E-state index < -0.39 is 6.04 Å². The number of hydrogen-bond acceptors (Lipinski definition) is 5. The fourth-order valence-electron chi connectivity index (χ4n) is 3.66. The smallest absolute Gasteiger partial charge is 0.338 e. The molecule has 0 aliphatic carbocycles. The largest absolute Gasteiger partial charge is 0.497 e. The lowest BCUT2D eigenvalue weighted by Crippen LogP contribution is -2.47. The fraction of sp³-hybridized carbons (Fsp3) is 0.320. The van der Waals surface area contributed by atoms with Crippen molar-refractivity contribution in [2.75, 3.05) is 19.0 Å². The van der Waals surface area contributed by atoms with E-state index in [0.29, 0.717) is 34.2 Å². The molecule has 1 unspecified atom stereocenters. The van der Waals surface area contributed by atoms with Crippen LogP contribution in [0.25, 0.3) is 0 Å². The van der Waals surface area contributed by atoms with E-state index in [4.69, 9.17) is 21.7 Å². The maximum absolute atomic E-state index is 12.9. The Hall–Kier alpha value is -3.39. The normalized spacial score (nSPS) is 15.9. The van der Waals surface area contributed by atoms with Gasteiger partial charge in [-0.2, -0.15) is 0 Å². The average molecular weight is 468 g/mol. The molecule has 2 aromatic rings. The average Bonchev–Trinajstić information content (AvgIpc) is 2.79. The lowest BCUT2D eigenvalue weighted by Gasteiger charge is -2.37. The van der Waals surface area contributed by atoms with Gasteiger partial charge in [-0.15, -0.1) is 0 Å². The van der Waals surface area contributed by atoms with Crippen LogP contribution in [0.3, 0.4) is 0 Å². The third kappa shape index (κ3) is 5.51. The monoisotopic (exact) mass is 467 g/mol. The van der Waals surface area contributed by atoms with Gasteiger partial charge in [0.15, 0.2) is 5.11 Å². The molecule has 0 radical (unpaired) electrons. The zero-order valence-electron chi connectivity index (χ0n) is 19.5. The van der Waals surface area contributed by atoms with E-state index in [1.165, 1.54) is 0 Å². The minimum absolute atomic E-state index is 0.224. The van der Waals surface area contributed by atoms with Crippen LogP contribution in [0.15, 0.2) is 59.8 Å². The Morgan fingerprint density at radius 1 is 1.12 bits per heavy atom. The summed E-state index contributed by atoms with van der Waals surface area (Å²) in [6, 6.07) is 13.8. The molecule has 0 fully saturated rings. The first-order chi connectivity index (χ1) is 15.7. The molecule has 7 nitrogen and oxygen atoms in total. The Kier molecular flexibility index (Phi) is 7.71. The molecule has 8 heteroatoms. The SMILES string of the molecule is CCN1C(=S)NC(c2ccc(NC(=O)c3ccc(OC)cc3)cc2)C(C(=O)OC(C)C)=C1C. The van der Waals surface area contributed by atoms with Gasteiger partial charge >= 0.3 is 5.97 Å². The molecular weight excluding hydrogens is 438 g/mol. The molecule has 1 aliphatic heterocycles. The number of rotatable bonds is 7. The Bertz CT molecular complexity index is 1060. The molecular formula is C25H29N3O4S. The highest BCUT2D eigenvalue weighted by Crippen LogP contribution is 2.32. The van der Waals surface area contributed by atoms with E-state index in [1.807, 2.05) is 44.7 Å². The lowest BCUT2D eigenvalue weighted by molar-refractivity contribution is -0.143. The van der Waals surface area contributed by atoms with Crippen molar-refractivity contribution in [2.24, 2.45) is 0 Å². The van der Waals surface area contributed by atoms with Crippen LogP contribution in [0.5, 0.6) is 5.75 Å². The van der Waals surface area contributed by atoms with Gasteiger partial charge in [0.25, 0.3) is 5.91 Å². The Balaban J connectivity index is 1.83. The summed E-state index contributed by atoms with van der Waals surface area (Å²) < 4.78 is 10.6. The zero-order chi connectivity index (χ0) is 24.1. The first-order valence-corrected chi connectivity index (χ1v) is 11.2. The van der Waals surface area contributed by atoms with E-state index in [9.17, 15) is 9.59 Å². The number of thiocarbonyl (C=S) groups is 1. The van der Waals surface area contributed by atoms with E-state index in [0.717, 1.165) is 11.3 Å². The topological polar surface area (TPSA) is 79.9 Å². The predicted octanol–water partition coefficient (Wildman–Crippen LogP) is 4.42. The number of allylic oxidation sites excluding steroid dienone is 1. The summed E-state index contributed by atoms with van der Waals surface area (Å²) in [5, 5.41) is 6.70. The Labute approximate surface area is 199 Å². The summed E-state index contributed by atoms with van der Waals surface area (Å²) in [7, 11) is 1.58. The summed E-state index contributed by atoms with van der Waals surface area (Å²) in [4.78, 5) is 27.4. The Morgan fingerprint density at radius 3 is 2.30 bits per heavy atom. The van der Waals surface area contributed by atoms with E-state index in [-0.39, 0.29) is 18.0 Å². The minimum atomic E-state index is -0.446. The number of carbonyl (C=O) groups excluding carboxylic acids is 2. The number of amides is 1. The molecule has 0 saturated heterocycles. The molecule has 1 heterocycles. The second kappa shape index (κ2) is 10.5.